The maximum atomic E-state index is 12.7. The number of fused-ring (bicyclic) bond motifs is 1. The number of aromatic amines is 2. The first kappa shape index (κ1) is 20.8. The summed E-state index contributed by atoms with van der Waals surface area (Å²) in [6.45, 7) is 1.32. The first-order valence-electron chi connectivity index (χ1n) is 10.8. The first-order valence-corrected chi connectivity index (χ1v) is 13.0. The number of aromatic nitrogens is 5. The van der Waals surface area contributed by atoms with E-state index in [4.69, 9.17) is 4.98 Å². The SMILES string of the molecule is O=C(c1cc2ccc(-c3ncc[c]([Au][c]4ccc(-c5cn[nH]c5)cc4)n3)cc2[nH]1)N1CC=CC1. The molecule has 0 atom stereocenters. The zero-order valence-electron chi connectivity index (χ0n) is 18.0. The van der Waals surface area contributed by atoms with Crippen LogP contribution in [0.4, 0.5) is 0 Å². The van der Waals surface area contributed by atoms with Gasteiger partial charge in [0.1, 0.15) is 0 Å². The van der Waals surface area contributed by atoms with Crippen molar-refractivity contribution in [2.24, 2.45) is 0 Å². The van der Waals surface area contributed by atoms with Gasteiger partial charge in [-0.05, 0) is 0 Å². The van der Waals surface area contributed by atoms with Crippen molar-refractivity contribution >= 4 is 24.5 Å². The van der Waals surface area contributed by atoms with Gasteiger partial charge in [-0.1, -0.05) is 0 Å². The Kier molecular flexibility index (Phi) is 5.43. The third-order valence-electron chi connectivity index (χ3n) is 5.63. The van der Waals surface area contributed by atoms with Crippen molar-refractivity contribution in [2.75, 3.05) is 13.1 Å². The topological polar surface area (TPSA) is 90.6 Å². The Balaban J connectivity index is 1.23. The van der Waals surface area contributed by atoms with Crippen LogP contribution in [0.2, 0.25) is 0 Å². The molecule has 171 valence electrons. The van der Waals surface area contributed by atoms with E-state index in [2.05, 4.69) is 44.4 Å². The molecule has 3 aromatic heterocycles. The van der Waals surface area contributed by atoms with E-state index in [-0.39, 0.29) is 25.7 Å². The molecule has 2 aromatic carbocycles. The van der Waals surface area contributed by atoms with Crippen molar-refractivity contribution in [1.82, 2.24) is 30.0 Å². The minimum atomic E-state index is -0.302. The molecule has 4 heterocycles. The quantitative estimate of drug-likeness (QED) is 0.231. The molecule has 0 spiro atoms. The molecule has 8 heteroatoms. The molecule has 1 aliphatic rings. The standard InChI is InChI=1S/C17H13N4O.C9H7N2.Au/c22-17(21-8-1-2-9-21)15-10-12-4-5-13(11-14(12)20-15)16-18-6-3-7-19-16;1-2-4-8(5-3-1)9-6-10-11-7-9;/h1-6,10-11,20H,8-9H2;2-7H,(H,10,11);. The number of H-pyrrole nitrogens is 2. The van der Waals surface area contributed by atoms with Gasteiger partial charge in [-0.2, -0.15) is 0 Å². The van der Waals surface area contributed by atoms with Crippen LogP contribution in [0.15, 0.2) is 85.3 Å². The summed E-state index contributed by atoms with van der Waals surface area (Å²) in [7, 11) is 0. The molecule has 0 unspecified atom stereocenters. The van der Waals surface area contributed by atoms with Gasteiger partial charge in [0.25, 0.3) is 0 Å². The van der Waals surface area contributed by atoms with E-state index < -0.39 is 0 Å². The van der Waals surface area contributed by atoms with Crippen molar-refractivity contribution in [3.8, 4) is 22.5 Å². The fourth-order valence-electron chi connectivity index (χ4n) is 3.88. The number of nitrogens with one attached hydrogen (secondary N) is 2. The van der Waals surface area contributed by atoms with Gasteiger partial charge in [-0.25, -0.2) is 0 Å². The van der Waals surface area contributed by atoms with Crippen LogP contribution in [0.5, 0.6) is 0 Å². The van der Waals surface area contributed by atoms with E-state index in [0.717, 1.165) is 31.5 Å². The van der Waals surface area contributed by atoms with Gasteiger partial charge in [-0.3, -0.25) is 0 Å². The van der Waals surface area contributed by atoms with Crippen molar-refractivity contribution < 1.29 is 24.5 Å². The molecular formula is C26H20AuN6O. The number of nitrogens with zero attached hydrogens (tertiary/aromatic N) is 4. The predicted octanol–water partition coefficient (Wildman–Crippen LogP) is 3.06. The summed E-state index contributed by atoms with van der Waals surface area (Å²) < 4.78 is 2.32. The molecule has 1 amide bonds. The second-order valence-electron chi connectivity index (χ2n) is 7.86. The molecule has 0 radical (unpaired) electrons. The minimum absolute atomic E-state index is 0.0176. The molecule has 5 aromatic rings. The number of hydrogen-bond acceptors (Lipinski definition) is 4. The Morgan fingerprint density at radius 2 is 1.76 bits per heavy atom. The van der Waals surface area contributed by atoms with E-state index in [1.807, 2.05) is 66.0 Å². The second-order valence-corrected chi connectivity index (χ2v) is 10.8. The van der Waals surface area contributed by atoms with Crippen molar-refractivity contribution in [2.45, 2.75) is 0 Å². The second kappa shape index (κ2) is 8.87. The van der Waals surface area contributed by atoms with Crippen molar-refractivity contribution in [3.05, 3.63) is 91.0 Å². The zero-order valence-corrected chi connectivity index (χ0v) is 20.2. The van der Waals surface area contributed by atoms with Gasteiger partial charge in [0.2, 0.25) is 0 Å². The van der Waals surface area contributed by atoms with Crippen LogP contribution >= 0.6 is 0 Å². The Morgan fingerprint density at radius 1 is 0.941 bits per heavy atom. The zero-order chi connectivity index (χ0) is 22.9. The molecule has 0 bridgehead atoms. The Labute approximate surface area is 205 Å². The average molecular weight is 629 g/mol. The summed E-state index contributed by atoms with van der Waals surface area (Å²) in [5.74, 6) is 0.709. The summed E-state index contributed by atoms with van der Waals surface area (Å²) in [6, 6.07) is 18.5. The third kappa shape index (κ3) is 4.12. The van der Waals surface area contributed by atoms with Gasteiger partial charge in [-0.15, -0.1) is 0 Å². The van der Waals surface area contributed by atoms with Gasteiger partial charge in [0.15, 0.2) is 0 Å². The van der Waals surface area contributed by atoms with Crippen LogP contribution in [-0.2, 0) is 19.8 Å². The van der Waals surface area contributed by atoms with Crippen LogP contribution in [0.1, 0.15) is 10.5 Å². The van der Waals surface area contributed by atoms with Crippen LogP contribution in [0.25, 0.3) is 33.4 Å². The van der Waals surface area contributed by atoms with E-state index in [1.165, 1.54) is 3.78 Å². The fourth-order valence-corrected chi connectivity index (χ4v) is 5.93. The normalized spacial score (nSPS) is 13.2. The Bertz CT molecular complexity index is 1500. The predicted molar refractivity (Wildman–Crippen MR) is 128 cm³/mol. The maximum absolute atomic E-state index is 12.7. The molecular weight excluding hydrogens is 609 g/mol. The molecule has 0 fully saturated rings. The number of hydrogen-bond donors (Lipinski definition) is 2. The fraction of sp³-hybridized carbons (Fsp3) is 0.0769. The molecule has 6 rings (SSSR count). The molecule has 0 saturated heterocycles. The van der Waals surface area contributed by atoms with Crippen LogP contribution < -0.4 is 7.69 Å². The van der Waals surface area contributed by atoms with Crippen molar-refractivity contribution in [3.63, 3.8) is 0 Å². The van der Waals surface area contributed by atoms with E-state index in [1.54, 1.807) is 0 Å². The van der Waals surface area contributed by atoms with Gasteiger partial charge in [0, 0.05) is 0 Å². The van der Waals surface area contributed by atoms with Crippen molar-refractivity contribution in [1.29, 1.82) is 0 Å². The van der Waals surface area contributed by atoms with Gasteiger partial charge in [0.05, 0.1) is 0 Å². The summed E-state index contributed by atoms with van der Waals surface area (Å²) in [5.41, 5.74) is 4.66. The van der Waals surface area contributed by atoms with E-state index in [9.17, 15) is 4.79 Å². The molecule has 34 heavy (non-hydrogen) atoms. The average Bonchev–Trinajstić information content (AvgIpc) is 3.66. The third-order valence-corrected chi connectivity index (χ3v) is 8.14. The molecule has 7 nitrogen and oxygen atoms in total. The van der Waals surface area contributed by atoms with Gasteiger partial charge >= 0.3 is 206 Å². The summed E-state index contributed by atoms with van der Waals surface area (Å²) >= 11 is -0.302. The molecule has 0 aliphatic carbocycles. The van der Waals surface area contributed by atoms with Crippen LogP contribution in [0, 0.1) is 0 Å². The molecule has 0 saturated carbocycles. The van der Waals surface area contributed by atoms with Gasteiger partial charge < -0.3 is 0 Å². The Morgan fingerprint density at radius 3 is 2.56 bits per heavy atom. The molecule has 2 N–H and O–H groups in total. The van der Waals surface area contributed by atoms with E-state index in [0.29, 0.717) is 24.6 Å². The number of rotatable bonds is 5. The van der Waals surface area contributed by atoms with E-state index >= 15 is 0 Å². The Hall–Kier alpha value is -3.78. The summed E-state index contributed by atoms with van der Waals surface area (Å²) in [4.78, 5) is 27.1. The summed E-state index contributed by atoms with van der Waals surface area (Å²) in [6.07, 6.45) is 9.56. The number of carbonyl (C=O) groups excluding carboxylic acids is 1. The first-order chi connectivity index (χ1) is 16.7. The monoisotopic (exact) mass is 629 g/mol. The number of benzene rings is 2. The van der Waals surface area contributed by atoms with Crippen LogP contribution in [-0.4, -0.2) is 49.0 Å². The number of amides is 1. The summed E-state index contributed by atoms with van der Waals surface area (Å²) in [5, 5.41) is 7.86. The van der Waals surface area contributed by atoms with Crippen LogP contribution in [0.3, 0.4) is 0 Å². The molecule has 1 aliphatic heterocycles. The number of carbonyl (C=O) groups is 1.